The first-order valence-corrected chi connectivity index (χ1v) is 14.7. The molecule has 2 aromatic rings. The SMILES string of the molecule is CC(C)(C)OC(=O)N(CCCCNc1cc(F)c(S(=O)(=O)Nc2nccs2)cc1Cl)CC1CCC[NH2+]1. The van der Waals surface area contributed by atoms with Gasteiger partial charge in [0.05, 0.1) is 23.8 Å². The number of carbonyl (C=O) groups excluding carboxylic acids is 1. The van der Waals surface area contributed by atoms with Crippen molar-refractivity contribution in [1.29, 1.82) is 0 Å². The van der Waals surface area contributed by atoms with Crippen molar-refractivity contribution in [2.75, 3.05) is 36.2 Å². The standard InChI is InChI=1S/C23H33ClFN5O4S2/c1-23(2,3)34-22(31)30(15-16-7-6-9-26-16)11-5-4-8-27-19-14-18(25)20(13-17(19)24)36(32,33)29-21-28-10-12-35-21/h10,12-14,16,26-27H,4-9,11,15H2,1-3H3,(H,28,29)/p+1. The molecule has 36 heavy (non-hydrogen) atoms. The van der Waals surface area contributed by atoms with Crippen molar-refractivity contribution in [3.63, 3.8) is 0 Å². The molecular formula is C23H34ClFN5O4S2+. The molecule has 1 fully saturated rings. The van der Waals surface area contributed by atoms with Gasteiger partial charge in [0, 0.05) is 37.5 Å². The lowest BCUT2D eigenvalue weighted by atomic mass is 10.2. The minimum atomic E-state index is -4.16. The molecule has 1 aromatic carbocycles. The molecule has 1 amide bonds. The first-order valence-electron chi connectivity index (χ1n) is 11.9. The number of anilines is 2. The molecule has 1 saturated heterocycles. The van der Waals surface area contributed by atoms with Crippen molar-refractivity contribution in [2.24, 2.45) is 0 Å². The van der Waals surface area contributed by atoms with Crippen molar-refractivity contribution in [1.82, 2.24) is 9.88 Å². The molecule has 0 aliphatic carbocycles. The van der Waals surface area contributed by atoms with E-state index in [9.17, 15) is 17.6 Å². The van der Waals surface area contributed by atoms with Gasteiger partial charge in [0.2, 0.25) is 0 Å². The quantitative estimate of drug-likeness (QED) is 0.358. The lowest BCUT2D eigenvalue weighted by Crippen LogP contribution is -2.88. The van der Waals surface area contributed by atoms with Crippen LogP contribution in [0, 0.1) is 5.82 Å². The molecule has 0 saturated carbocycles. The summed E-state index contributed by atoms with van der Waals surface area (Å²) in [5.74, 6) is -0.921. The Hall–Kier alpha value is -2.15. The van der Waals surface area contributed by atoms with E-state index in [2.05, 4.69) is 20.3 Å². The number of benzene rings is 1. The maximum atomic E-state index is 14.7. The lowest BCUT2D eigenvalue weighted by Gasteiger charge is -2.28. The number of hydrogen-bond acceptors (Lipinski definition) is 7. The number of nitrogens with two attached hydrogens (primary N) is 1. The van der Waals surface area contributed by atoms with Crippen LogP contribution in [0.5, 0.6) is 0 Å². The van der Waals surface area contributed by atoms with Gasteiger partial charge in [-0.05, 0) is 45.7 Å². The molecule has 1 atom stereocenters. The Morgan fingerprint density at radius 1 is 1.36 bits per heavy atom. The first kappa shape index (κ1) is 28.4. The molecule has 0 spiro atoms. The second kappa shape index (κ2) is 12.4. The third-order valence-electron chi connectivity index (χ3n) is 5.52. The summed E-state index contributed by atoms with van der Waals surface area (Å²) in [5.41, 5.74) is -0.265. The number of quaternary nitrogens is 1. The fraction of sp³-hybridized carbons (Fsp3) is 0.565. The third kappa shape index (κ3) is 8.46. The highest BCUT2D eigenvalue weighted by Gasteiger charge is 2.27. The van der Waals surface area contributed by atoms with Gasteiger partial charge in [-0.15, -0.1) is 11.3 Å². The fourth-order valence-electron chi connectivity index (χ4n) is 3.85. The van der Waals surface area contributed by atoms with E-state index in [1.54, 1.807) is 10.3 Å². The van der Waals surface area contributed by atoms with Crippen LogP contribution in [0.25, 0.3) is 0 Å². The number of halogens is 2. The monoisotopic (exact) mass is 562 g/mol. The van der Waals surface area contributed by atoms with Crippen LogP contribution in [0.3, 0.4) is 0 Å². The summed E-state index contributed by atoms with van der Waals surface area (Å²) in [4.78, 5) is 17.7. The highest BCUT2D eigenvalue weighted by atomic mass is 35.5. The first-order chi connectivity index (χ1) is 16.9. The van der Waals surface area contributed by atoms with Crippen molar-refractivity contribution in [3.8, 4) is 0 Å². The zero-order chi connectivity index (χ0) is 26.3. The van der Waals surface area contributed by atoms with Gasteiger partial charge in [-0.1, -0.05) is 11.6 Å². The number of unbranched alkanes of at least 4 members (excludes halogenated alkanes) is 1. The minimum absolute atomic E-state index is 0.0862. The van der Waals surface area contributed by atoms with E-state index in [1.807, 2.05) is 20.8 Å². The average Bonchev–Trinajstić information content (AvgIpc) is 3.47. The molecule has 0 radical (unpaired) electrons. The molecular weight excluding hydrogens is 529 g/mol. The van der Waals surface area contributed by atoms with Crippen LogP contribution in [0.15, 0.2) is 28.6 Å². The second-order valence-electron chi connectivity index (χ2n) is 9.69. The fourth-order valence-corrected chi connectivity index (χ4v) is 6.02. The highest BCUT2D eigenvalue weighted by molar-refractivity contribution is 7.93. The van der Waals surface area contributed by atoms with E-state index in [0.717, 1.165) is 42.9 Å². The summed E-state index contributed by atoms with van der Waals surface area (Å²) < 4.78 is 47.5. The van der Waals surface area contributed by atoms with E-state index in [1.165, 1.54) is 6.20 Å². The van der Waals surface area contributed by atoms with Crippen LogP contribution in [0.2, 0.25) is 5.02 Å². The smallest absolute Gasteiger partial charge is 0.410 e. The molecule has 1 aromatic heterocycles. The minimum Gasteiger partial charge on any atom is -0.444 e. The van der Waals surface area contributed by atoms with Crippen molar-refractivity contribution in [2.45, 2.75) is 63.0 Å². The van der Waals surface area contributed by atoms with Crippen LogP contribution in [-0.4, -0.2) is 62.2 Å². The van der Waals surface area contributed by atoms with Crippen LogP contribution in [0.1, 0.15) is 46.5 Å². The topological polar surface area (TPSA) is 117 Å². The van der Waals surface area contributed by atoms with E-state index >= 15 is 0 Å². The molecule has 0 bridgehead atoms. The van der Waals surface area contributed by atoms with E-state index in [-0.39, 0.29) is 16.2 Å². The van der Waals surface area contributed by atoms with Gasteiger partial charge in [0.15, 0.2) is 5.13 Å². The van der Waals surface area contributed by atoms with Crippen LogP contribution < -0.4 is 15.4 Å². The molecule has 1 unspecified atom stereocenters. The summed E-state index contributed by atoms with van der Waals surface area (Å²) in [7, 11) is -4.16. The van der Waals surface area contributed by atoms with Gasteiger partial charge >= 0.3 is 6.09 Å². The van der Waals surface area contributed by atoms with Crippen molar-refractivity contribution < 1.29 is 27.7 Å². The number of thiazole rings is 1. The van der Waals surface area contributed by atoms with Crippen LogP contribution in [-0.2, 0) is 14.8 Å². The molecule has 1 aliphatic heterocycles. The van der Waals surface area contributed by atoms with E-state index in [4.69, 9.17) is 16.3 Å². The average molecular weight is 563 g/mol. The Balaban J connectivity index is 1.53. The van der Waals surface area contributed by atoms with Gasteiger partial charge in [0.1, 0.15) is 22.4 Å². The van der Waals surface area contributed by atoms with E-state index < -0.39 is 26.3 Å². The molecule has 2 heterocycles. The lowest BCUT2D eigenvalue weighted by molar-refractivity contribution is -0.669. The Morgan fingerprint density at radius 2 is 2.14 bits per heavy atom. The molecule has 13 heteroatoms. The van der Waals surface area contributed by atoms with Gasteiger partial charge in [-0.3, -0.25) is 4.72 Å². The number of nitrogens with one attached hydrogen (secondary N) is 2. The van der Waals surface area contributed by atoms with Gasteiger partial charge < -0.3 is 20.3 Å². The normalized spacial score (nSPS) is 16.1. The molecule has 9 nitrogen and oxygen atoms in total. The van der Waals surface area contributed by atoms with Crippen molar-refractivity contribution >= 4 is 49.9 Å². The molecule has 1 aliphatic rings. The largest absolute Gasteiger partial charge is 0.444 e. The number of rotatable bonds is 11. The summed E-state index contributed by atoms with van der Waals surface area (Å²) >= 11 is 7.33. The van der Waals surface area contributed by atoms with Gasteiger partial charge in [-0.2, -0.15) is 0 Å². The maximum Gasteiger partial charge on any atom is 0.410 e. The van der Waals surface area contributed by atoms with Gasteiger partial charge in [-0.25, -0.2) is 22.6 Å². The Kier molecular flexibility index (Phi) is 9.79. The van der Waals surface area contributed by atoms with Crippen molar-refractivity contribution in [3.05, 3.63) is 34.5 Å². The number of carbonyl (C=O) groups is 1. The summed E-state index contributed by atoms with van der Waals surface area (Å²) in [5, 5.41) is 7.15. The summed E-state index contributed by atoms with van der Waals surface area (Å²) in [6.45, 7) is 8.29. The predicted molar refractivity (Wildman–Crippen MR) is 140 cm³/mol. The van der Waals surface area contributed by atoms with Crippen LogP contribution >= 0.6 is 22.9 Å². The van der Waals surface area contributed by atoms with Crippen LogP contribution in [0.4, 0.5) is 20.0 Å². The third-order valence-corrected chi connectivity index (χ3v) is 8.01. The van der Waals surface area contributed by atoms with E-state index in [0.29, 0.717) is 44.2 Å². The number of amides is 1. The molecule has 200 valence electrons. The zero-order valence-corrected chi connectivity index (χ0v) is 23.1. The second-order valence-corrected chi connectivity index (χ2v) is 12.6. The number of nitrogens with zero attached hydrogens (tertiary/aromatic N) is 2. The molecule has 4 N–H and O–H groups in total. The zero-order valence-electron chi connectivity index (χ0n) is 20.7. The maximum absolute atomic E-state index is 14.7. The summed E-state index contributed by atoms with van der Waals surface area (Å²) in [6, 6.07) is 2.54. The Bertz CT molecular complexity index is 1120. The number of sulfonamides is 1. The number of hydrogen-bond donors (Lipinski definition) is 3. The Labute approximate surface area is 220 Å². The molecule has 3 rings (SSSR count). The Morgan fingerprint density at radius 3 is 2.78 bits per heavy atom. The number of ether oxygens (including phenoxy) is 1. The number of aromatic nitrogens is 1. The summed E-state index contributed by atoms with van der Waals surface area (Å²) in [6.07, 6.45) is 4.76. The van der Waals surface area contributed by atoms with Gasteiger partial charge in [0.25, 0.3) is 10.0 Å². The highest BCUT2D eigenvalue weighted by Crippen LogP contribution is 2.29. The predicted octanol–water partition coefficient (Wildman–Crippen LogP) is 3.89.